The zero-order chi connectivity index (χ0) is 40.2. The lowest BCUT2D eigenvalue weighted by Crippen LogP contribution is -2.58. The molecule has 2 aromatic rings. The molecule has 15 nitrogen and oxygen atoms in total. The molecule has 1 heterocycles. The Hall–Kier alpha value is -5.47. The van der Waals surface area contributed by atoms with Crippen molar-refractivity contribution in [3.05, 3.63) is 71.8 Å². The van der Waals surface area contributed by atoms with Crippen LogP contribution >= 0.6 is 0 Å². The van der Waals surface area contributed by atoms with E-state index in [0.717, 1.165) is 11.1 Å². The number of carbonyl (C=O) groups excluding carboxylic acids is 7. The fraction of sp³-hybridized carbons (Fsp3) is 0.525. The van der Waals surface area contributed by atoms with Gasteiger partial charge in [0.1, 0.15) is 29.8 Å². The summed E-state index contributed by atoms with van der Waals surface area (Å²) >= 11 is 0. The Morgan fingerprint density at radius 1 is 0.709 bits per heavy atom. The van der Waals surface area contributed by atoms with E-state index in [9.17, 15) is 33.6 Å². The van der Waals surface area contributed by atoms with E-state index >= 15 is 0 Å². The third kappa shape index (κ3) is 17.5. The first-order chi connectivity index (χ1) is 26.2. The molecule has 0 radical (unpaired) electrons. The molecule has 7 amide bonds. The average Bonchev–Trinajstić information content (AvgIpc) is 3.13. The average molecular weight is 764 g/mol. The largest absolute Gasteiger partial charge is 0.444 e. The Bertz CT molecular complexity index is 1580. The lowest BCUT2D eigenvalue weighted by molar-refractivity contribution is -0.133. The summed E-state index contributed by atoms with van der Waals surface area (Å²) in [6.07, 6.45) is 1.97. The minimum Gasteiger partial charge on any atom is -0.444 e. The number of aryl methyl sites for hydroxylation is 1. The first kappa shape index (κ1) is 43.9. The topological polar surface area (TPSA) is 227 Å². The monoisotopic (exact) mass is 763 g/mol. The van der Waals surface area contributed by atoms with Gasteiger partial charge >= 0.3 is 6.09 Å². The first-order valence-electron chi connectivity index (χ1n) is 19.0. The molecule has 1 fully saturated rings. The molecule has 300 valence electrons. The number of nitrogens with two attached hydrogens (primary N) is 1. The molecule has 2 unspecified atom stereocenters. The minimum atomic E-state index is -1.15. The van der Waals surface area contributed by atoms with Crippen LogP contribution in [0.5, 0.6) is 0 Å². The SMILES string of the molecule is CC(C)(C)OC(=O)NC1CCCCNC(=O)CCC(=O)NCCCC[C@@H](C(N)=O)NC(=O)[C@H](Cc2ccccc2)NC(=O)C(CCc2ccccc2)NC1=O. The van der Waals surface area contributed by atoms with E-state index in [0.29, 0.717) is 38.6 Å². The standard InChI is InChI=1S/C40H57N7O8/c1-40(2,3)55-39(54)47-30-19-11-13-25-43-34(49)23-22-33(48)42-24-12-10-18-29(35(41)50)44-38(53)32(26-28-16-8-5-9-17-28)46-37(52)31(45-36(30)51)21-20-27-14-6-4-7-15-27/h4-9,14-17,29-32H,10-13,18-26H2,1-3H3,(H2,41,50)(H,42,48)(H,43,49)(H,44,53)(H,45,51)(H,46,52)(H,47,54)/t29-,30?,31?,32-/m0/s1. The van der Waals surface area contributed by atoms with Crippen molar-refractivity contribution in [3.63, 3.8) is 0 Å². The van der Waals surface area contributed by atoms with Crippen LogP contribution in [-0.2, 0) is 46.3 Å². The molecule has 0 aliphatic carbocycles. The maximum atomic E-state index is 14.1. The molecule has 1 saturated heterocycles. The quantitative estimate of drug-likeness (QED) is 0.220. The Balaban J connectivity index is 1.93. The van der Waals surface area contributed by atoms with Crippen LogP contribution in [0.3, 0.4) is 0 Å². The first-order valence-corrected chi connectivity index (χ1v) is 19.0. The van der Waals surface area contributed by atoms with Crippen LogP contribution in [-0.4, -0.2) is 84.4 Å². The fourth-order valence-electron chi connectivity index (χ4n) is 5.91. The summed E-state index contributed by atoms with van der Waals surface area (Å²) in [6.45, 7) is 5.67. The molecular formula is C40H57N7O8. The van der Waals surface area contributed by atoms with Crippen LogP contribution < -0.4 is 37.6 Å². The number of hydrogen-bond donors (Lipinski definition) is 7. The third-order valence-electron chi connectivity index (χ3n) is 8.84. The molecule has 0 spiro atoms. The molecule has 15 heteroatoms. The van der Waals surface area contributed by atoms with Crippen molar-refractivity contribution in [3.8, 4) is 0 Å². The number of alkyl carbamates (subject to hydrolysis) is 1. The molecule has 0 saturated carbocycles. The van der Waals surface area contributed by atoms with Gasteiger partial charge in [0.2, 0.25) is 35.4 Å². The maximum Gasteiger partial charge on any atom is 0.408 e. The van der Waals surface area contributed by atoms with Gasteiger partial charge in [-0.2, -0.15) is 0 Å². The van der Waals surface area contributed by atoms with Crippen molar-refractivity contribution in [2.75, 3.05) is 13.1 Å². The second kappa shape index (κ2) is 22.7. The van der Waals surface area contributed by atoms with Crippen molar-refractivity contribution in [2.45, 2.75) is 121 Å². The summed E-state index contributed by atoms with van der Waals surface area (Å²) in [4.78, 5) is 91.9. The van der Waals surface area contributed by atoms with Crippen molar-refractivity contribution in [1.82, 2.24) is 31.9 Å². The molecule has 1 aliphatic rings. The molecular weight excluding hydrogens is 706 g/mol. The third-order valence-corrected chi connectivity index (χ3v) is 8.84. The van der Waals surface area contributed by atoms with E-state index in [1.807, 2.05) is 36.4 Å². The van der Waals surface area contributed by atoms with Crippen LogP contribution in [0.4, 0.5) is 4.79 Å². The second-order valence-corrected chi connectivity index (χ2v) is 14.7. The van der Waals surface area contributed by atoms with Gasteiger partial charge in [-0.1, -0.05) is 60.7 Å². The van der Waals surface area contributed by atoms with E-state index < -0.39 is 59.5 Å². The van der Waals surface area contributed by atoms with E-state index in [2.05, 4.69) is 31.9 Å². The Morgan fingerprint density at radius 3 is 1.80 bits per heavy atom. The van der Waals surface area contributed by atoms with Crippen LogP contribution in [0, 0.1) is 0 Å². The van der Waals surface area contributed by atoms with Gasteiger partial charge in [0.25, 0.3) is 0 Å². The Labute approximate surface area is 323 Å². The highest BCUT2D eigenvalue weighted by Crippen LogP contribution is 2.12. The fourth-order valence-corrected chi connectivity index (χ4v) is 5.91. The lowest BCUT2D eigenvalue weighted by atomic mass is 10.0. The van der Waals surface area contributed by atoms with Crippen molar-refractivity contribution >= 4 is 41.5 Å². The summed E-state index contributed by atoms with van der Waals surface area (Å²) in [5.74, 6) is -3.27. The van der Waals surface area contributed by atoms with Gasteiger partial charge in [0, 0.05) is 32.4 Å². The molecule has 0 bridgehead atoms. The highest BCUT2D eigenvalue weighted by atomic mass is 16.6. The normalized spacial score (nSPS) is 22.0. The van der Waals surface area contributed by atoms with Gasteiger partial charge in [-0.05, 0) is 83.3 Å². The zero-order valence-electron chi connectivity index (χ0n) is 32.1. The van der Waals surface area contributed by atoms with Gasteiger partial charge in [-0.25, -0.2) is 4.79 Å². The van der Waals surface area contributed by atoms with Crippen LogP contribution in [0.2, 0.25) is 0 Å². The molecule has 1 aliphatic heterocycles. The predicted octanol–water partition coefficient (Wildman–Crippen LogP) is 2.06. The van der Waals surface area contributed by atoms with E-state index in [1.165, 1.54) is 0 Å². The number of benzene rings is 2. The van der Waals surface area contributed by atoms with Crippen molar-refractivity contribution < 1.29 is 38.3 Å². The summed E-state index contributed by atoms with van der Waals surface area (Å²) in [7, 11) is 0. The number of carbonyl (C=O) groups is 7. The van der Waals surface area contributed by atoms with Gasteiger partial charge < -0.3 is 42.4 Å². The summed E-state index contributed by atoms with van der Waals surface area (Å²) in [5, 5.41) is 16.5. The highest BCUT2D eigenvalue weighted by Gasteiger charge is 2.32. The molecule has 2 aromatic carbocycles. The molecule has 0 aromatic heterocycles. The predicted molar refractivity (Wildman–Crippen MR) is 206 cm³/mol. The zero-order valence-corrected chi connectivity index (χ0v) is 32.1. The Morgan fingerprint density at radius 2 is 1.24 bits per heavy atom. The number of ether oxygens (including phenoxy) is 1. The minimum absolute atomic E-state index is 0.00613. The Kier molecular flexibility index (Phi) is 18.1. The highest BCUT2D eigenvalue weighted by molar-refractivity contribution is 5.95. The van der Waals surface area contributed by atoms with E-state index in [4.69, 9.17) is 10.5 Å². The summed E-state index contributed by atoms with van der Waals surface area (Å²) in [6, 6.07) is 14.0. The summed E-state index contributed by atoms with van der Waals surface area (Å²) in [5.41, 5.74) is 6.49. The maximum absolute atomic E-state index is 14.1. The van der Waals surface area contributed by atoms with Gasteiger partial charge in [-0.15, -0.1) is 0 Å². The number of nitrogens with one attached hydrogen (secondary N) is 6. The number of hydrogen-bond acceptors (Lipinski definition) is 8. The van der Waals surface area contributed by atoms with Crippen LogP contribution in [0.15, 0.2) is 60.7 Å². The van der Waals surface area contributed by atoms with Crippen molar-refractivity contribution in [1.29, 1.82) is 0 Å². The summed E-state index contributed by atoms with van der Waals surface area (Å²) < 4.78 is 5.42. The van der Waals surface area contributed by atoms with Gasteiger partial charge in [0.05, 0.1) is 0 Å². The number of amides is 7. The van der Waals surface area contributed by atoms with Crippen molar-refractivity contribution in [2.24, 2.45) is 5.73 Å². The van der Waals surface area contributed by atoms with E-state index in [-0.39, 0.29) is 56.9 Å². The lowest BCUT2D eigenvalue weighted by Gasteiger charge is -2.27. The molecule has 55 heavy (non-hydrogen) atoms. The van der Waals surface area contributed by atoms with Gasteiger partial charge in [-0.3, -0.25) is 28.8 Å². The molecule has 4 atom stereocenters. The van der Waals surface area contributed by atoms with Crippen LogP contribution in [0.25, 0.3) is 0 Å². The number of rotatable bonds is 7. The van der Waals surface area contributed by atoms with Crippen LogP contribution in [0.1, 0.15) is 89.7 Å². The van der Waals surface area contributed by atoms with E-state index in [1.54, 1.807) is 45.0 Å². The number of primary amides is 1. The molecule has 3 rings (SSSR count). The molecule has 8 N–H and O–H groups in total. The van der Waals surface area contributed by atoms with Gasteiger partial charge in [0.15, 0.2) is 0 Å². The second-order valence-electron chi connectivity index (χ2n) is 14.7. The smallest absolute Gasteiger partial charge is 0.408 e.